The smallest absolute Gasteiger partial charge is 0.311 e. The Morgan fingerprint density at radius 1 is 1.23 bits per heavy atom. The van der Waals surface area contributed by atoms with Gasteiger partial charge in [-0.25, -0.2) is 0 Å². The lowest BCUT2D eigenvalue weighted by molar-refractivity contribution is -0.151. The molecule has 3 atom stereocenters. The van der Waals surface area contributed by atoms with Crippen LogP contribution in [0.4, 0.5) is 5.69 Å². The van der Waals surface area contributed by atoms with Gasteiger partial charge in [0, 0.05) is 23.9 Å². The van der Waals surface area contributed by atoms with E-state index in [2.05, 4.69) is 0 Å². The molecule has 26 heavy (non-hydrogen) atoms. The SMILES string of the molecule is COC(=O)C1COC(COC(C)OCCOc2cc(N)cc(OC)c2)C1. The summed E-state index contributed by atoms with van der Waals surface area (Å²) in [5, 5.41) is 0. The first-order chi connectivity index (χ1) is 12.5. The van der Waals surface area contributed by atoms with Crippen LogP contribution < -0.4 is 15.2 Å². The van der Waals surface area contributed by atoms with E-state index in [0.717, 1.165) is 0 Å². The number of hydrogen-bond acceptors (Lipinski definition) is 8. The summed E-state index contributed by atoms with van der Waals surface area (Å²) in [6, 6.07) is 5.19. The fraction of sp³-hybridized carbons (Fsp3) is 0.611. The van der Waals surface area contributed by atoms with Crippen LogP contribution in [0.3, 0.4) is 0 Å². The molecule has 0 aliphatic carbocycles. The number of nitrogen functional groups attached to an aromatic ring is 1. The first kappa shape index (κ1) is 20.3. The van der Waals surface area contributed by atoms with Crippen LogP contribution in [0.25, 0.3) is 0 Å². The van der Waals surface area contributed by atoms with Crippen LogP contribution in [0, 0.1) is 5.92 Å². The van der Waals surface area contributed by atoms with Gasteiger partial charge in [0.25, 0.3) is 0 Å². The summed E-state index contributed by atoms with van der Waals surface area (Å²) in [6.45, 7) is 3.24. The quantitative estimate of drug-likeness (QED) is 0.287. The van der Waals surface area contributed by atoms with Crippen molar-refractivity contribution in [2.24, 2.45) is 5.92 Å². The van der Waals surface area contributed by atoms with Gasteiger partial charge in [0.05, 0.1) is 46.1 Å². The van der Waals surface area contributed by atoms with Gasteiger partial charge >= 0.3 is 5.97 Å². The first-order valence-electron chi connectivity index (χ1n) is 8.51. The molecular formula is C18H27NO7. The van der Waals surface area contributed by atoms with Gasteiger partial charge in [-0.3, -0.25) is 4.79 Å². The Labute approximate surface area is 153 Å². The van der Waals surface area contributed by atoms with Gasteiger partial charge in [-0.15, -0.1) is 0 Å². The van der Waals surface area contributed by atoms with Crippen LogP contribution in [-0.4, -0.2) is 59.0 Å². The highest BCUT2D eigenvalue weighted by atomic mass is 16.7. The third-order valence-corrected chi connectivity index (χ3v) is 3.97. The van der Waals surface area contributed by atoms with Crippen LogP contribution >= 0.6 is 0 Å². The van der Waals surface area contributed by atoms with Gasteiger partial charge in [-0.05, 0) is 13.3 Å². The summed E-state index contributed by atoms with van der Waals surface area (Å²) in [4.78, 5) is 11.5. The molecule has 1 fully saturated rings. The Balaban J connectivity index is 1.60. The Morgan fingerprint density at radius 3 is 2.73 bits per heavy atom. The van der Waals surface area contributed by atoms with Gasteiger partial charge in [-0.1, -0.05) is 0 Å². The molecular weight excluding hydrogens is 342 g/mol. The van der Waals surface area contributed by atoms with Gasteiger partial charge in [0.1, 0.15) is 18.1 Å². The molecule has 1 aliphatic heterocycles. The van der Waals surface area contributed by atoms with E-state index in [1.54, 1.807) is 32.2 Å². The minimum absolute atomic E-state index is 0.124. The van der Waals surface area contributed by atoms with Crippen LogP contribution in [0.1, 0.15) is 13.3 Å². The Kier molecular flexibility index (Phi) is 7.96. The summed E-state index contributed by atoms with van der Waals surface area (Å²) >= 11 is 0. The molecule has 8 nitrogen and oxygen atoms in total. The molecule has 8 heteroatoms. The lowest BCUT2D eigenvalue weighted by atomic mass is 10.1. The molecule has 0 amide bonds. The molecule has 2 N–H and O–H groups in total. The van der Waals surface area contributed by atoms with E-state index in [1.165, 1.54) is 7.11 Å². The predicted octanol–water partition coefficient (Wildman–Crippen LogP) is 1.61. The number of methoxy groups -OCH3 is 2. The Morgan fingerprint density at radius 2 is 2.00 bits per heavy atom. The minimum atomic E-state index is -0.408. The summed E-state index contributed by atoms with van der Waals surface area (Å²) < 4.78 is 32.1. The number of benzene rings is 1. The van der Waals surface area contributed by atoms with Crippen molar-refractivity contribution in [3.8, 4) is 11.5 Å². The predicted molar refractivity (Wildman–Crippen MR) is 94.1 cm³/mol. The van der Waals surface area contributed by atoms with Crippen LogP contribution in [-0.2, 0) is 23.7 Å². The number of anilines is 1. The molecule has 1 aromatic carbocycles. The Bertz CT molecular complexity index is 581. The van der Waals surface area contributed by atoms with E-state index < -0.39 is 6.29 Å². The van der Waals surface area contributed by atoms with Gasteiger partial charge in [-0.2, -0.15) is 0 Å². The van der Waals surface area contributed by atoms with Crippen molar-refractivity contribution in [3.63, 3.8) is 0 Å². The molecule has 146 valence electrons. The largest absolute Gasteiger partial charge is 0.497 e. The summed E-state index contributed by atoms with van der Waals surface area (Å²) in [7, 11) is 2.95. The number of esters is 1. The van der Waals surface area contributed by atoms with Crippen molar-refractivity contribution in [1.29, 1.82) is 0 Å². The monoisotopic (exact) mass is 369 g/mol. The summed E-state index contributed by atoms with van der Waals surface area (Å²) in [5.74, 6) is 0.798. The summed E-state index contributed by atoms with van der Waals surface area (Å²) in [5.41, 5.74) is 6.34. The Hall–Kier alpha value is -2.03. The van der Waals surface area contributed by atoms with Crippen LogP contribution in [0.15, 0.2) is 18.2 Å². The first-order valence-corrected chi connectivity index (χ1v) is 8.51. The fourth-order valence-corrected chi connectivity index (χ4v) is 2.61. The number of carbonyl (C=O) groups is 1. The molecule has 1 aromatic rings. The average molecular weight is 369 g/mol. The molecule has 0 aromatic heterocycles. The van der Waals surface area contributed by atoms with Crippen LogP contribution in [0.2, 0.25) is 0 Å². The number of hydrogen-bond donors (Lipinski definition) is 1. The van der Waals surface area contributed by atoms with Crippen molar-refractivity contribution >= 4 is 11.7 Å². The maximum absolute atomic E-state index is 11.5. The molecule has 0 saturated carbocycles. The van der Waals surface area contributed by atoms with E-state index >= 15 is 0 Å². The van der Waals surface area contributed by atoms with E-state index in [1.807, 2.05) is 0 Å². The van der Waals surface area contributed by atoms with Gasteiger partial charge < -0.3 is 34.2 Å². The standard InChI is InChI=1S/C18H27NO7/c1-12(25-11-17-6-13(10-26-17)18(20)22-3)23-4-5-24-16-8-14(19)7-15(9-16)21-2/h7-9,12-13,17H,4-6,10-11,19H2,1-3H3. The molecule has 1 aliphatic rings. The lowest BCUT2D eigenvalue weighted by Crippen LogP contribution is -2.23. The highest BCUT2D eigenvalue weighted by Crippen LogP contribution is 2.24. The van der Waals surface area contributed by atoms with Crippen LogP contribution in [0.5, 0.6) is 11.5 Å². The topological polar surface area (TPSA) is 98.5 Å². The van der Waals surface area contributed by atoms with Gasteiger partial charge in [0.15, 0.2) is 6.29 Å². The lowest BCUT2D eigenvalue weighted by Gasteiger charge is -2.17. The zero-order valence-corrected chi connectivity index (χ0v) is 15.4. The number of carbonyl (C=O) groups excluding carboxylic acids is 1. The third kappa shape index (κ3) is 6.36. The second-order valence-corrected chi connectivity index (χ2v) is 5.97. The van der Waals surface area contributed by atoms with Crippen molar-refractivity contribution in [2.45, 2.75) is 25.7 Å². The number of ether oxygens (including phenoxy) is 6. The van der Waals surface area contributed by atoms with Gasteiger partial charge in [0.2, 0.25) is 0 Å². The number of rotatable bonds is 10. The molecule has 0 bridgehead atoms. The average Bonchev–Trinajstić information content (AvgIpc) is 3.11. The van der Waals surface area contributed by atoms with Crippen molar-refractivity contribution < 1.29 is 33.2 Å². The molecule has 0 radical (unpaired) electrons. The number of nitrogens with two attached hydrogens (primary N) is 1. The molecule has 1 heterocycles. The minimum Gasteiger partial charge on any atom is -0.497 e. The fourth-order valence-electron chi connectivity index (χ4n) is 2.61. The molecule has 2 rings (SSSR count). The maximum atomic E-state index is 11.5. The highest BCUT2D eigenvalue weighted by Gasteiger charge is 2.31. The molecule has 0 spiro atoms. The molecule has 3 unspecified atom stereocenters. The third-order valence-electron chi connectivity index (χ3n) is 3.97. The molecule has 1 saturated heterocycles. The van der Waals surface area contributed by atoms with Crippen molar-refractivity contribution in [3.05, 3.63) is 18.2 Å². The van der Waals surface area contributed by atoms with Crippen molar-refractivity contribution in [1.82, 2.24) is 0 Å². The van der Waals surface area contributed by atoms with E-state index in [-0.39, 0.29) is 18.0 Å². The second kappa shape index (κ2) is 10.2. The summed E-state index contributed by atoms with van der Waals surface area (Å²) in [6.07, 6.45) is 0.0654. The van der Waals surface area contributed by atoms with E-state index in [4.69, 9.17) is 34.2 Å². The zero-order chi connectivity index (χ0) is 18.9. The highest BCUT2D eigenvalue weighted by molar-refractivity contribution is 5.72. The van der Waals surface area contributed by atoms with E-state index in [0.29, 0.717) is 50.0 Å². The van der Waals surface area contributed by atoms with E-state index in [9.17, 15) is 4.79 Å². The normalized spacial score (nSPS) is 20.6. The van der Waals surface area contributed by atoms with Crippen molar-refractivity contribution in [2.75, 3.05) is 46.4 Å². The maximum Gasteiger partial charge on any atom is 0.311 e. The second-order valence-electron chi connectivity index (χ2n) is 5.97. The zero-order valence-electron chi connectivity index (χ0n) is 15.4.